The number of rotatable bonds is 6. The third-order valence-corrected chi connectivity index (χ3v) is 5.23. The molecule has 0 radical (unpaired) electrons. The normalized spacial score (nSPS) is 18.8. The first-order valence-corrected chi connectivity index (χ1v) is 10.3. The number of hydrogen-bond acceptors (Lipinski definition) is 4. The third kappa shape index (κ3) is 6.21. The quantitative estimate of drug-likeness (QED) is 0.799. The first-order chi connectivity index (χ1) is 11.8. The Morgan fingerprint density at radius 1 is 1.36 bits per heavy atom. The van der Waals surface area contributed by atoms with Gasteiger partial charge in [-0.2, -0.15) is 0 Å². The summed E-state index contributed by atoms with van der Waals surface area (Å²) in [4.78, 5) is 12.1. The zero-order chi connectivity index (χ0) is 18.4. The molecule has 0 aromatic heterocycles. The summed E-state index contributed by atoms with van der Waals surface area (Å²) in [6.45, 7) is 5.08. The van der Waals surface area contributed by atoms with Crippen LogP contribution in [0.4, 0.5) is 4.79 Å². The van der Waals surface area contributed by atoms with E-state index >= 15 is 0 Å². The van der Waals surface area contributed by atoms with Crippen molar-refractivity contribution in [2.75, 3.05) is 19.3 Å². The number of nitrogens with one attached hydrogen (secondary N) is 2. The van der Waals surface area contributed by atoms with Gasteiger partial charge in [0, 0.05) is 31.2 Å². The number of hydrogen-bond donors (Lipinski definition) is 2. The Labute approximate surface area is 149 Å². The monoisotopic (exact) mass is 369 g/mol. The zero-order valence-corrected chi connectivity index (χ0v) is 15.8. The molecular formula is C17H27N3O4S. The van der Waals surface area contributed by atoms with Gasteiger partial charge in [-0.3, -0.25) is 0 Å². The van der Waals surface area contributed by atoms with E-state index in [0.717, 1.165) is 24.2 Å². The fourth-order valence-corrected chi connectivity index (χ4v) is 3.70. The number of piperidine rings is 1. The van der Waals surface area contributed by atoms with Gasteiger partial charge in [0.05, 0.1) is 12.4 Å². The van der Waals surface area contributed by atoms with Gasteiger partial charge in [-0.05, 0) is 32.8 Å². The number of sulfonamides is 1. The van der Waals surface area contributed by atoms with Crippen molar-refractivity contribution in [2.45, 2.75) is 45.4 Å². The van der Waals surface area contributed by atoms with E-state index in [1.807, 2.05) is 38.1 Å². The lowest BCUT2D eigenvalue weighted by molar-refractivity contribution is 0.224. The van der Waals surface area contributed by atoms with Gasteiger partial charge in [0.15, 0.2) is 0 Å². The summed E-state index contributed by atoms with van der Waals surface area (Å²) in [7, 11) is -3.22. The molecule has 1 aromatic carbocycles. The highest BCUT2D eigenvalue weighted by molar-refractivity contribution is 7.88. The number of benzene rings is 1. The standard InChI is InChI=1S/C17H27N3O4S/c1-13(2)24-16-9-5-4-7-14(16)11-18-17(21)19-15-8-6-10-20(12-15)25(3,22)23/h4-5,7,9,13,15H,6,8,10-12H2,1-3H3,(H2,18,19,21). The summed E-state index contributed by atoms with van der Waals surface area (Å²) in [6, 6.07) is 7.09. The summed E-state index contributed by atoms with van der Waals surface area (Å²) >= 11 is 0. The Kier molecular flexibility index (Phi) is 6.66. The molecule has 1 aliphatic heterocycles. The van der Waals surface area contributed by atoms with Crippen LogP contribution in [0.3, 0.4) is 0 Å². The van der Waals surface area contributed by atoms with Crippen LogP contribution in [0.1, 0.15) is 32.3 Å². The average molecular weight is 369 g/mol. The molecule has 0 aliphatic carbocycles. The molecule has 8 heteroatoms. The van der Waals surface area contributed by atoms with Crippen LogP contribution in [0.15, 0.2) is 24.3 Å². The van der Waals surface area contributed by atoms with E-state index in [4.69, 9.17) is 4.74 Å². The maximum absolute atomic E-state index is 12.1. The van der Waals surface area contributed by atoms with E-state index in [0.29, 0.717) is 19.6 Å². The topological polar surface area (TPSA) is 87.7 Å². The molecule has 25 heavy (non-hydrogen) atoms. The van der Waals surface area contributed by atoms with Crippen molar-refractivity contribution in [1.82, 2.24) is 14.9 Å². The molecule has 1 aliphatic rings. The van der Waals surface area contributed by atoms with Crippen molar-refractivity contribution < 1.29 is 17.9 Å². The maximum Gasteiger partial charge on any atom is 0.315 e. The summed E-state index contributed by atoms with van der Waals surface area (Å²) in [5.41, 5.74) is 0.896. The third-order valence-electron chi connectivity index (χ3n) is 3.96. The van der Waals surface area contributed by atoms with Crippen LogP contribution in [0, 0.1) is 0 Å². The number of carbonyl (C=O) groups is 1. The number of amides is 2. The molecule has 1 heterocycles. The van der Waals surface area contributed by atoms with Crippen molar-refractivity contribution in [1.29, 1.82) is 0 Å². The smallest absolute Gasteiger partial charge is 0.315 e. The van der Waals surface area contributed by atoms with E-state index < -0.39 is 10.0 Å². The van der Waals surface area contributed by atoms with Crippen LogP contribution in [-0.2, 0) is 16.6 Å². The number of carbonyl (C=O) groups excluding carboxylic acids is 1. The van der Waals surface area contributed by atoms with E-state index in [1.54, 1.807) is 0 Å². The van der Waals surface area contributed by atoms with Crippen molar-refractivity contribution in [3.8, 4) is 5.75 Å². The van der Waals surface area contributed by atoms with E-state index in [1.165, 1.54) is 10.6 Å². The summed E-state index contributed by atoms with van der Waals surface area (Å²) < 4.78 is 30.4. The molecule has 1 atom stereocenters. The molecule has 1 aromatic rings. The van der Waals surface area contributed by atoms with Gasteiger partial charge < -0.3 is 15.4 Å². The van der Waals surface area contributed by atoms with Gasteiger partial charge in [-0.25, -0.2) is 17.5 Å². The Morgan fingerprint density at radius 2 is 2.08 bits per heavy atom. The summed E-state index contributed by atoms with van der Waals surface area (Å²) in [6.07, 6.45) is 2.76. The van der Waals surface area contributed by atoms with E-state index in [2.05, 4.69) is 10.6 Å². The number of urea groups is 1. The second kappa shape index (κ2) is 8.53. The second-order valence-electron chi connectivity index (χ2n) is 6.56. The molecule has 1 unspecified atom stereocenters. The SMILES string of the molecule is CC(C)Oc1ccccc1CNC(=O)NC1CCCN(S(C)(=O)=O)C1. The van der Waals surface area contributed by atoms with Crippen LogP contribution in [0.2, 0.25) is 0 Å². The highest BCUT2D eigenvalue weighted by atomic mass is 32.2. The second-order valence-corrected chi connectivity index (χ2v) is 8.54. The molecular weight excluding hydrogens is 342 g/mol. The lowest BCUT2D eigenvalue weighted by atomic mass is 10.1. The lowest BCUT2D eigenvalue weighted by Crippen LogP contribution is -2.51. The molecule has 0 bridgehead atoms. The van der Waals surface area contributed by atoms with Crippen molar-refractivity contribution in [3.05, 3.63) is 29.8 Å². The largest absolute Gasteiger partial charge is 0.491 e. The number of ether oxygens (including phenoxy) is 1. The van der Waals surface area contributed by atoms with Gasteiger partial charge in [0.1, 0.15) is 5.75 Å². The summed E-state index contributed by atoms with van der Waals surface area (Å²) in [5, 5.41) is 5.67. The fourth-order valence-electron chi connectivity index (χ4n) is 2.79. The van der Waals surface area contributed by atoms with Crippen LogP contribution in [-0.4, -0.2) is 50.2 Å². The van der Waals surface area contributed by atoms with Gasteiger partial charge in [-0.15, -0.1) is 0 Å². The minimum absolute atomic E-state index is 0.0548. The van der Waals surface area contributed by atoms with Crippen molar-refractivity contribution >= 4 is 16.1 Å². The van der Waals surface area contributed by atoms with Crippen LogP contribution < -0.4 is 15.4 Å². The Balaban J connectivity index is 1.87. The molecule has 1 fully saturated rings. The predicted molar refractivity (Wildman–Crippen MR) is 97.0 cm³/mol. The molecule has 7 nitrogen and oxygen atoms in total. The molecule has 2 N–H and O–H groups in total. The van der Waals surface area contributed by atoms with Gasteiger partial charge in [-0.1, -0.05) is 18.2 Å². The van der Waals surface area contributed by atoms with Gasteiger partial charge >= 0.3 is 6.03 Å². The molecule has 140 valence electrons. The van der Waals surface area contributed by atoms with Crippen LogP contribution >= 0.6 is 0 Å². The summed E-state index contributed by atoms with van der Waals surface area (Å²) in [5.74, 6) is 0.749. The Morgan fingerprint density at radius 3 is 2.76 bits per heavy atom. The number of para-hydroxylation sites is 1. The lowest BCUT2D eigenvalue weighted by Gasteiger charge is -2.31. The van der Waals surface area contributed by atoms with E-state index in [9.17, 15) is 13.2 Å². The minimum atomic E-state index is -3.22. The Hall–Kier alpha value is -1.80. The average Bonchev–Trinajstić information content (AvgIpc) is 2.53. The first kappa shape index (κ1) is 19.5. The molecule has 0 spiro atoms. The van der Waals surface area contributed by atoms with Crippen LogP contribution in [0.5, 0.6) is 5.75 Å². The highest BCUT2D eigenvalue weighted by Crippen LogP contribution is 2.19. The number of nitrogens with zero attached hydrogens (tertiary/aromatic N) is 1. The van der Waals surface area contributed by atoms with Gasteiger partial charge in [0.2, 0.25) is 10.0 Å². The Bertz CT molecular complexity index is 691. The highest BCUT2D eigenvalue weighted by Gasteiger charge is 2.26. The maximum atomic E-state index is 12.1. The van der Waals surface area contributed by atoms with Crippen molar-refractivity contribution in [3.63, 3.8) is 0 Å². The molecule has 2 amide bonds. The fraction of sp³-hybridized carbons (Fsp3) is 0.588. The van der Waals surface area contributed by atoms with Gasteiger partial charge in [0.25, 0.3) is 0 Å². The molecule has 1 saturated heterocycles. The molecule has 0 saturated carbocycles. The van der Waals surface area contributed by atoms with E-state index in [-0.39, 0.29) is 18.2 Å². The molecule has 2 rings (SSSR count). The minimum Gasteiger partial charge on any atom is -0.491 e. The van der Waals surface area contributed by atoms with Crippen molar-refractivity contribution in [2.24, 2.45) is 0 Å². The van der Waals surface area contributed by atoms with Crippen LogP contribution in [0.25, 0.3) is 0 Å². The predicted octanol–water partition coefficient (Wildman–Crippen LogP) is 1.70. The zero-order valence-electron chi connectivity index (χ0n) is 15.0. The first-order valence-electron chi connectivity index (χ1n) is 8.49.